The molecule has 0 aromatic heterocycles. The van der Waals surface area contributed by atoms with E-state index in [1.807, 2.05) is 31.2 Å². The highest BCUT2D eigenvalue weighted by Crippen LogP contribution is 2.22. The maximum Gasteiger partial charge on any atom is 0.304 e. The SMILES string of the molecule is Cc1ccc(Cl)c(CN(CCC(=O)O)Cc2ccc3ccccc3c2)c1. The average molecular weight is 368 g/mol. The number of hydrogen-bond acceptors (Lipinski definition) is 2. The molecule has 0 atom stereocenters. The highest BCUT2D eigenvalue weighted by molar-refractivity contribution is 6.31. The van der Waals surface area contributed by atoms with Crippen LogP contribution in [0.15, 0.2) is 60.7 Å². The van der Waals surface area contributed by atoms with Crippen LogP contribution in [0.5, 0.6) is 0 Å². The van der Waals surface area contributed by atoms with Crippen molar-refractivity contribution >= 4 is 28.3 Å². The molecule has 0 fully saturated rings. The van der Waals surface area contributed by atoms with Crippen molar-refractivity contribution in [2.24, 2.45) is 0 Å². The van der Waals surface area contributed by atoms with Crippen LogP contribution in [0.3, 0.4) is 0 Å². The summed E-state index contributed by atoms with van der Waals surface area (Å²) in [5.74, 6) is -0.788. The average Bonchev–Trinajstić information content (AvgIpc) is 2.62. The van der Waals surface area contributed by atoms with Gasteiger partial charge in [-0.2, -0.15) is 0 Å². The van der Waals surface area contributed by atoms with E-state index in [4.69, 9.17) is 16.7 Å². The van der Waals surface area contributed by atoms with Crippen molar-refractivity contribution in [3.8, 4) is 0 Å². The maximum atomic E-state index is 11.1. The van der Waals surface area contributed by atoms with Crippen molar-refractivity contribution in [1.82, 2.24) is 4.90 Å². The molecule has 3 aromatic rings. The molecule has 0 bridgehead atoms. The second-order valence-electron chi connectivity index (χ2n) is 6.63. The third-order valence-electron chi connectivity index (χ3n) is 4.46. The summed E-state index contributed by atoms with van der Waals surface area (Å²) in [5, 5.41) is 12.2. The van der Waals surface area contributed by atoms with Gasteiger partial charge in [-0.25, -0.2) is 0 Å². The molecule has 0 amide bonds. The first kappa shape index (κ1) is 18.4. The predicted octanol–water partition coefficient (Wildman–Crippen LogP) is 5.28. The first-order valence-electron chi connectivity index (χ1n) is 8.68. The molecule has 3 nitrogen and oxygen atoms in total. The molecule has 0 aliphatic heterocycles. The van der Waals surface area contributed by atoms with Crippen LogP contribution >= 0.6 is 11.6 Å². The number of fused-ring (bicyclic) bond motifs is 1. The van der Waals surface area contributed by atoms with Crippen LogP contribution in [0.2, 0.25) is 5.02 Å². The Hall–Kier alpha value is -2.36. The summed E-state index contributed by atoms with van der Waals surface area (Å²) in [6, 6.07) is 20.6. The molecule has 0 saturated carbocycles. The summed E-state index contributed by atoms with van der Waals surface area (Å²) < 4.78 is 0. The first-order valence-corrected chi connectivity index (χ1v) is 9.06. The first-order chi connectivity index (χ1) is 12.5. The fraction of sp³-hybridized carbons (Fsp3) is 0.227. The Morgan fingerprint density at radius 2 is 1.77 bits per heavy atom. The van der Waals surface area contributed by atoms with E-state index in [9.17, 15) is 4.79 Å². The highest BCUT2D eigenvalue weighted by Gasteiger charge is 2.12. The summed E-state index contributed by atoms with van der Waals surface area (Å²) in [6.45, 7) is 3.82. The van der Waals surface area contributed by atoms with Gasteiger partial charge in [-0.05, 0) is 41.0 Å². The lowest BCUT2D eigenvalue weighted by Gasteiger charge is -2.23. The molecule has 1 N–H and O–H groups in total. The van der Waals surface area contributed by atoms with Gasteiger partial charge in [0.2, 0.25) is 0 Å². The molecular formula is C22H22ClNO2. The third kappa shape index (κ3) is 4.84. The van der Waals surface area contributed by atoms with Crippen molar-refractivity contribution in [3.63, 3.8) is 0 Å². The van der Waals surface area contributed by atoms with Gasteiger partial charge in [-0.3, -0.25) is 9.69 Å². The Labute approximate surface area is 158 Å². The minimum atomic E-state index is -0.788. The van der Waals surface area contributed by atoms with Gasteiger partial charge >= 0.3 is 5.97 Å². The van der Waals surface area contributed by atoms with E-state index in [2.05, 4.69) is 41.3 Å². The molecule has 0 unspecified atom stereocenters. The second-order valence-corrected chi connectivity index (χ2v) is 7.04. The molecule has 3 aromatic carbocycles. The minimum absolute atomic E-state index is 0.108. The minimum Gasteiger partial charge on any atom is -0.481 e. The van der Waals surface area contributed by atoms with E-state index in [-0.39, 0.29) is 6.42 Å². The summed E-state index contributed by atoms with van der Waals surface area (Å²) in [7, 11) is 0. The zero-order valence-corrected chi connectivity index (χ0v) is 15.5. The van der Waals surface area contributed by atoms with Gasteiger partial charge in [0.05, 0.1) is 6.42 Å². The Kier molecular flexibility index (Phi) is 5.92. The topological polar surface area (TPSA) is 40.5 Å². The van der Waals surface area contributed by atoms with Gasteiger partial charge < -0.3 is 5.11 Å². The number of aliphatic carboxylic acids is 1. The van der Waals surface area contributed by atoms with Gasteiger partial charge in [0, 0.05) is 24.7 Å². The van der Waals surface area contributed by atoms with Crippen molar-refractivity contribution in [3.05, 3.63) is 82.4 Å². The number of halogens is 1. The molecule has 0 aliphatic rings. The summed E-state index contributed by atoms with van der Waals surface area (Å²) in [5.41, 5.74) is 3.34. The quantitative estimate of drug-likeness (QED) is 0.617. The lowest BCUT2D eigenvalue weighted by molar-refractivity contribution is -0.137. The van der Waals surface area contributed by atoms with E-state index in [0.29, 0.717) is 19.6 Å². The van der Waals surface area contributed by atoms with Crippen LogP contribution in [0.1, 0.15) is 23.1 Å². The number of carbonyl (C=O) groups is 1. The van der Waals surface area contributed by atoms with Crippen molar-refractivity contribution in [1.29, 1.82) is 0 Å². The Bertz CT molecular complexity index is 923. The van der Waals surface area contributed by atoms with E-state index in [1.54, 1.807) is 0 Å². The number of rotatable bonds is 7. The van der Waals surface area contributed by atoms with Crippen LogP contribution < -0.4 is 0 Å². The molecule has 0 radical (unpaired) electrons. The molecule has 0 heterocycles. The molecular weight excluding hydrogens is 346 g/mol. The lowest BCUT2D eigenvalue weighted by atomic mass is 10.1. The molecule has 4 heteroatoms. The van der Waals surface area contributed by atoms with E-state index < -0.39 is 5.97 Å². The number of aryl methyl sites for hydroxylation is 1. The molecule has 0 saturated heterocycles. The lowest BCUT2D eigenvalue weighted by Crippen LogP contribution is -2.26. The van der Waals surface area contributed by atoms with Gasteiger partial charge in [0.1, 0.15) is 0 Å². The van der Waals surface area contributed by atoms with Crippen LogP contribution in [0.25, 0.3) is 10.8 Å². The number of benzene rings is 3. The molecule has 0 aliphatic carbocycles. The molecule has 0 spiro atoms. The molecule has 26 heavy (non-hydrogen) atoms. The Morgan fingerprint density at radius 3 is 2.54 bits per heavy atom. The summed E-state index contributed by atoms with van der Waals surface area (Å²) in [4.78, 5) is 13.2. The van der Waals surface area contributed by atoms with E-state index in [0.717, 1.165) is 21.7 Å². The standard InChI is InChI=1S/C22H22ClNO2/c1-16-6-9-21(23)20(12-16)15-24(11-10-22(25)26)14-17-7-8-18-4-2-3-5-19(18)13-17/h2-9,12-13H,10-11,14-15H2,1H3,(H,25,26). The van der Waals surface area contributed by atoms with Crippen LogP contribution in [0.4, 0.5) is 0 Å². The molecule has 3 rings (SSSR count). The zero-order valence-electron chi connectivity index (χ0n) is 14.8. The van der Waals surface area contributed by atoms with Crippen LogP contribution in [-0.4, -0.2) is 22.5 Å². The fourth-order valence-corrected chi connectivity index (χ4v) is 3.31. The van der Waals surface area contributed by atoms with Crippen LogP contribution in [0, 0.1) is 6.92 Å². The number of carboxylic acid groups (broad SMARTS) is 1. The third-order valence-corrected chi connectivity index (χ3v) is 4.83. The second kappa shape index (κ2) is 8.35. The zero-order chi connectivity index (χ0) is 18.5. The maximum absolute atomic E-state index is 11.1. The molecule has 134 valence electrons. The fourth-order valence-electron chi connectivity index (χ4n) is 3.13. The number of carboxylic acids is 1. The Morgan fingerprint density at radius 1 is 1.00 bits per heavy atom. The highest BCUT2D eigenvalue weighted by atomic mass is 35.5. The summed E-state index contributed by atoms with van der Waals surface area (Å²) in [6.07, 6.45) is 0.108. The van der Waals surface area contributed by atoms with Crippen molar-refractivity contribution in [2.75, 3.05) is 6.54 Å². The smallest absolute Gasteiger partial charge is 0.304 e. The number of nitrogens with zero attached hydrogens (tertiary/aromatic N) is 1. The van der Waals surface area contributed by atoms with Crippen molar-refractivity contribution < 1.29 is 9.90 Å². The van der Waals surface area contributed by atoms with Crippen molar-refractivity contribution in [2.45, 2.75) is 26.4 Å². The van der Waals surface area contributed by atoms with E-state index in [1.165, 1.54) is 10.8 Å². The predicted molar refractivity (Wildman–Crippen MR) is 107 cm³/mol. The van der Waals surface area contributed by atoms with Gasteiger partial charge in [-0.15, -0.1) is 0 Å². The summed E-state index contributed by atoms with van der Waals surface area (Å²) >= 11 is 6.34. The normalized spacial score (nSPS) is 11.2. The number of hydrogen-bond donors (Lipinski definition) is 1. The van der Waals surface area contributed by atoms with Gasteiger partial charge in [0.25, 0.3) is 0 Å². The largest absolute Gasteiger partial charge is 0.481 e. The van der Waals surface area contributed by atoms with Gasteiger partial charge in [-0.1, -0.05) is 65.7 Å². The van der Waals surface area contributed by atoms with E-state index >= 15 is 0 Å². The monoisotopic (exact) mass is 367 g/mol. The Balaban J connectivity index is 1.82. The van der Waals surface area contributed by atoms with Crippen LogP contribution in [-0.2, 0) is 17.9 Å². The van der Waals surface area contributed by atoms with Gasteiger partial charge in [0.15, 0.2) is 0 Å².